The number of rotatable bonds is 12. The van der Waals surface area contributed by atoms with Gasteiger partial charge >= 0.3 is 6.03 Å². The van der Waals surface area contributed by atoms with E-state index < -0.39 is 9.84 Å². The maximum absolute atomic E-state index is 11.7. The van der Waals surface area contributed by atoms with Crippen LogP contribution in [0.1, 0.15) is 77.6 Å². The molecule has 1 heterocycles. The molecule has 0 radical (unpaired) electrons. The summed E-state index contributed by atoms with van der Waals surface area (Å²) in [4.78, 5) is 11.7. The summed E-state index contributed by atoms with van der Waals surface area (Å²) in [7, 11) is -2.93. The molecular formula is C17H34N2O3S. The molecule has 0 aromatic rings. The zero-order valence-corrected chi connectivity index (χ0v) is 15.4. The third-order valence-electron chi connectivity index (χ3n) is 4.38. The number of carbonyl (C=O) groups is 1. The molecule has 6 heteroatoms. The monoisotopic (exact) mass is 346 g/mol. The van der Waals surface area contributed by atoms with Crippen LogP contribution in [0.5, 0.6) is 0 Å². The molecule has 1 aliphatic rings. The van der Waals surface area contributed by atoms with Gasteiger partial charge in [0.2, 0.25) is 0 Å². The molecule has 0 aromatic carbocycles. The summed E-state index contributed by atoms with van der Waals surface area (Å²) >= 11 is 0. The second-order valence-electron chi connectivity index (χ2n) is 6.68. The van der Waals surface area contributed by atoms with Crippen molar-refractivity contribution in [3.8, 4) is 0 Å². The van der Waals surface area contributed by atoms with E-state index in [0.717, 1.165) is 12.8 Å². The zero-order chi connectivity index (χ0) is 17.0. The summed E-state index contributed by atoms with van der Waals surface area (Å²) in [5.41, 5.74) is 0. The van der Waals surface area contributed by atoms with Crippen molar-refractivity contribution < 1.29 is 13.2 Å². The first kappa shape index (κ1) is 20.3. The number of urea groups is 1. The molecule has 136 valence electrons. The van der Waals surface area contributed by atoms with Gasteiger partial charge in [0.15, 0.2) is 9.84 Å². The lowest BCUT2D eigenvalue weighted by atomic mass is 10.1. The van der Waals surface area contributed by atoms with E-state index in [9.17, 15) is 13.2 Å². The lowest BCUT2D eigenvalue weighted by Crippen LogP contribution is -2.42. The number of hydrogen-bond acceptors (Lipinski definition) is 3. The van der Waals surface area contributed by atoms with Gasteiger partial charge in [-0.15, -0.1) is 0 Å². The van der Waals surface area contributed by atoms with Crippen molar-refractivity contribution in [1.82, 2.24) is 10.6 Å². The third kappa shape index (κ3) is 10.6. The fraction of sp³-hybridized carbons (Fsp3) is 0.941. The molecule has 0 aliphatic carbocycles. The van der Waals surface area contributed by atoms with Crippen LogP contribution in [0.3, 0.4) is 0 Å². The molecule has 1 fully saturated rings. The van der Waals surface area contributed by atoms with Gasteiger partial charge in [0.1, 0.15) is 0 Å². The minimum atomic E-state index is -2.93. The zero-order valence-electron chi connectivity index (χ0n) is 14.6. The van der Waals surface area contributed by atoms with E-state index >= 15 is 0 Å². The fourth-order valence-corrected chi connectivity index (χ4v) is 4.63. The van der Waals surface area contributed by atoms with Crippen molar-refractivity contribution in [3.63, 3.8) is 0 Å². The molecule has 23 heavy (non-hydrogen) atoms. The molecule has 2 N–H and O–H groups in total. The summed E-state index contributed by atoms with van der Waals surface area (Å²) in [6.45, 7) is 2.91. The van der Waals surface area contributed by atoms with Crippen LogP contribution in [0.25, 0.3) is 0 Å². The predicted octanol–water partition coefficient (Wildman–Crippen LogP) is 3.39. The highest BCUT2D eigenvalue weighted by Crippen LogP contribution is 2.11. The quantitative estimate of drug-likeness (QED) is 0.532. The minimum Gasteiger partial charge on any atom is -0.338 e. The number of carbonyl (C=O) groups excluding carboxylic acids is 1. The molecule has 1 unspecified atom stereocenters. The molecule has 1 atom stereocenters. The Bertz CT molecular complexity index is 424. The maximum Gasteiger partial charge on any atom is 0.315 e. The van der Waals surface area contributed by atoms with Gasteiger partial charge in [-0.05, 0) is 12.8 Å². The van der Waals surface area contributed by atoms with Gasteiger partial charge in [-0.2, -0.15) is 0 Å². The molecule has 1 aliphatic heterocycles. The average Bonchev–Trinajstić information content (AvgIpc) is 2.83. The van der Waals surface area contributed by atoms with Crippen molar-refractivity contribution in [3.05, 3.63) is 0 Å². The van der Waals surface area contributed by atoms with E-state index in [1.54, 1.807) is 0 Å². The van der Waals surface area contributed by atoms with Crippen LogP contribution in [0.15, 0.2) is 0 Å². The van der Waals surface area contributed by atoms with Crippen molar-refractivity contribution >= 4 is 15.9 Å². The van der Waals surface area contributed by atoms with Crippen LogP contribution in [-0.2, 0) is 9.84 Å². The molecule has 0 saturated carbocycles. The van der Waals surface area contributed by atoms with E-state index in [4.69, 9.17) is 0 Å². The van der Waals surface area contributed by atoms with Gasteiger partial charge in [0.05, 0.1) is 11.5 Å². The number of amides is 2. The van der Waals surface area contributed by atoms with Crippen molar-refractivity contribution in [2.45, 2.75) is 83.6 Å². The SMILES string of the molecule is CCCCCCCCCCCCNC(=O)NC1CCS(=O)(=O)C1. The number of nitrogens with one attached hydrogen (secondary N) is 2. The first-order valence-corrected chi connectivity index (χ1v) is 11.1. The topological polar surface area (TPSA) is 75.3 Å². The first-order chi connectivity index (χ1) is 11.0. The van der Waals surface area contributed by atoms with Crippen LogP contribution >= 0.6 is 0 Å². The summed E-state index contributed by atoms with van der Waals surface area (Å²) in [5.74, 6) is 0.273. The number of hydrogen-bond donors (Lipinski definition) is 2. The van der Waals surface area contributed by atoms with Crippen LogP contribution in [0.2, 0.25) is 0 Å². The average molecular weight is 347 g/mol. The van der Waals surface area contributed by atoms with Gasteiger partial charge < -0.3 is 10.6 Å². The molecule has 0 bridgehead atoms. The second kappa shape index (κ2) is 11.7. The first-order valence-electron chi connectivity index (χ1n) is 9.28. The van der Waals surface area contributed by atoms with E-state index in [-0.39, 0.29) is 23.6 Å². The minimum absolute atomic E-state index is 0.0820. The Morgan fingerprint density at radius 2 is 1.52 bits per heavy atom. The molecule has 1 saturated heterocycles. The van der Waals surface area contributed by atoms with Gasteiger partial charge in [-0.25, -0.2) is 13.2 Å². The Labute approximate surface area is 141 Å². The van der Waals surface area contributed by atoms with Crippen molar-refractivity contribution in [1.29, 1.82) is 0 Å². The van der Waals surface area contributed by atoms with E-state index in [2.05, 4.69) is 17.6 Å². The third-order valence-corrected chi connectivity index (χ3v) is 6.15. The van der Waals surface area contributed by atoms with E-state index in [1.165, 1.54) is 51.4 Å². The van der Waals surface area contributed by atoms with Crippen molar-refractivity contribution in [2.75, 3.05) is 18.1 Å². The molecule has 2 amide bonds. The van der Waals surface area contributed by atoms with Crippen LogP contribution < -0.4 is 10.6 Å². The van der Waals surface area contributed by atoms with Gasteiger partial charge in [0, 0.05) is 12.6 Å². The molecule has 0 spiro atoms. The smallest absolute Gasteiger partial charge is 0.315 e. The Hall–Kier alpha value is -0.780. The van der Waals surface area contributed by atoms with Gasteiger partial charge in [-0.3, -0.25) is 0 Å². The molecule has 0 aromatic heterocycles. The summed E-state index contributed by atoms with van der Waals surface area (Å²) in [6, 6.07) is -0.448. The summed E-state index contributed by atoms with van der Waals surface area (Å²) in [6.07, 6.45) is 13.3. The summed E-state index contributed by atoms with van der Waals surface area (Å²) in [5, 5.41) is 5.56. The van der Waals surface area contributed by atoms with Gasteiger partial charge in [-0.1, -0.05) is 64.7 Å². The Morgan fingerprint density at radius 1 is 0.957 bits per heavy atom. The second-order valence-corrected chi connectivity index (χ2v) is 8.91. The molecular weight excluding hydrogens is 312 g/mol. The molecule has 5 nitrogen and oxygen atoms in total. The largest absolute Gasteiger partial charge is 0.338 e. The van der Waals surface area contributed by atoms with Crippen LogP contribution in [0, 0.1) is 0 Å². The van der Waals surface area contributed by atoms with E-state index in [0.29, 0.717) is 13.0 Å². The normalized spacial score (nSPS) is 19.6. The van der Waals surface area contributed by atoms with E-state index in [1.807, 2.05) is 0 Å². The number of unbranched alkanes of at least 4 members (excludes halogenated alkanes) is 9. The molecule has 1 rings (SSSR count). The Balaban J connectivity index is 1.86. The highest BCUT2D eigenvalue weighted by molar-refractivity contribution is 7.91. The highest BCUT2D eigenvalue weighted by Gasteiger charge is 2.28. The lowest BCUT2D eigenvalue weighted by molar-refractivity contribution is 0.238. The predicted molar refractivity (Wildman–Crippen MR) is 95.4 cm³/mol. The van der Waals surface area contributed by atoms with Gasteiger partial charge in [0.25, 0.3) is 0 Å². The lowest BCUT2D eigenvalue weighted by Gasteiger charge is -2.11. The standard InChI is InChI=1S/C17H34N2O3S/c1-2-3-4-5-6-7-8-9-10-11-13-18-17(20)19-16-12-14-23(21,22)15-16/h16H,2-15H2,1H3,(H2,18,19,20). The highest BCUT2D eigenvalue weighted by atomic mass is 32.2. The summed E-state index contributed by atoms with van der Waals surface area (Å²) < 4.78 is 22.6. The Morgan fingerprint density at radius 3 is 2.04 bits per heavy atom. The maximum atomic E-state index is 11.7. The fourth-order valence-electron chi connectivity index (χ4n) is 2.96. The Kier molecular flexibility index (Phi) is 10.3. The van der Waals surface area contributed by atoms with Crippen molar-refractivity contribution in [2.24, 2.45) is 0 Å². The van der Waals surface area contributed by atoms with Crippen LogP contribution in [-0.4, -0.2) is 38.5 Å². The van der Waals surface area contributed by atoms with Crippen LogP contribution in [0.4, 0.5) is 4.79 Å². The number of sulfone groups is 1.